The van der Waals surface area contributed by atoms with Gasteiger partial charge >= 0.3 is 6.03 Å². The monoisotopic (exact) mass is 322 g/mol. The predicted octanol–water partition coefficient (Wildman–Crippen LogP) is 2.57. The van der Waals surface area contributed by atoms with Gasteiger partial charge in [0.1, 0.15) is 17.1 Å². The van der Waals surface area contributed by atoms with Crippen molar-refractivity contribution in [2.24, 2.45) is 0 Å². The van der Waals surface area contributed by atoms with Crippen LogP contribution in [0, 0.1) is 0 Å². The fourth-order valence-corrected chi connectivity index (χ4v) is 2.17. The SMILES string of the molecule is CN1C(=O)NC(=O)/C(=C/c2ccc(Oc3ccccc3)cc2)C1=O. The lowest BCUT2D eigenvalue weighted by Gasteiger charge is -2.22. The largest absolute Gasteiger partial charge is 0.457 e. The molecule has 0 unspecified atom stereocenters. The summed E-state index contributed by atoms with van der Waals surface area (Å²) in [6.45, 7) is 0. The highest BCUT2D eigenvalue weighted by Crippen LogP contribution is 2.22. The van der Waals surface area contributed by atoms with Gasteiger partial charge in [0.25, 0.3) is 11.8 Å². The summed E-state index contributed by atoms with van der Waals surface area (Å²) in [4.78, 5) is 36.0. The first-order chi connectivity index (χ1) is 11.5. The fourth-order valence-electron chi connectivity index (χ4n) is 2.17. The number of urea groups is 1. The second kappa shape index (κ2) is 6.37. The summed E-state index contributed by atoms with van der Waals surface area (Å²) in [5.74, 6) is 0.0155. The summed E-state index contributed by atoms with van der Waals surface area (Å²) in [5, 5.41) is 2.11. The number of amides is 4. The van der Waals surface area contributed by atoms with Gasteiger partial charge in [0.2, 0.25) is 0 Å². The smallest absolute Gasteiger partial charge is 0.331 e. The van der Waals surface area contributed by atoms with Crippen LogP contribution in [-0.2, 0) is 9.59 Å². The summed E-state index contributed by atoms with van der Waals surface area (Å²) in [5.41, 5.74) is 0.561. The van der Waals surface area contributed by atoms with E-state index in [9.17, 15) is 14.4 Å². The topological polar surface area (TPSA) is 75.7 Å². The van der Waals surface area contributed by atoms with Gasteiger partial charge in [0.15, 0.2) is 0 Å². The van der Waals surface area contributed by atoms with Crippen LogP contribution in [0.25, 0.3) is 6.08 Å². The molecule has 0 bridgehead atoms. The van der Waals surface area contributed by atoms with Crippen molar-refractivity contribution in [3.05, 3.63) is 65.7 Å². The lowest BCUT2D eigenvalue weighted by atomic mass is 10.1. The Bertz CT molecular complexity index is 826. The number of carbonyl (C=O) groups excluding carboxylic acids is 3. The average molecular weight is 322 g/mol. The van der Waals surface area contributed by atoms with E-state index >= 15 is 0 Å². The molecule has 6 heteroatoms. The molecule has 0 atom stereocenters. The Morgan fingerprint density at radius 1 is 0.917 bits per heavy atom. The van der Waals surface area contributed by atoms with Crippen LogP contribution < -0.4 is 10.1 Å². The molecule has 2 aromatic carbocycles. The zero-order valence-electron chi connectivity index (χ0n) is 12.9. The molecule has 0 spiro atoms. The molecule has 1 heterocycles. The van der Waals surface area contributed by atoms with E-state index in [1.165, 1.54) is 13.1 Å². The highest BCUT2D eigenvalue weighted by molar-refractivity contribution is 6.30. The normalized spacial score (nSPS) is 16.3. The second-order valence-electron chi connectivity index (χ2n) is 5.17. The number of imide groups is 2. The van der Waals surface area contributed by atoms with Crippen molar-refractivity contribution in [1.82, 2.24) is 10.2 Å². The predicted molar refractivity (Wildman–Crippen MR) is 87.2 cm³/mol. The number of benzene rings is 2. The van der Waals surface area contributed by atoms with Gasteiger partial charge in [-0.25, -0.2) is 4.79 Å². The van der Waals surface area contributed by atoms with Gasteiger partial charge in [-0.1, -0.05) is 30.3 Å². The van der Waals surface area contributed by atoms with Crippen molar-refractivity contribution in [1.29, 1.82) is 0 Å². The molecule has 1 N–H and O–H groups in total. The average Bonchev–Trinajstić information content (AvgIpc) is 2.59. The van der Waals surface area contributed by atoms with Gasteiger partial charge in [-0.05, 0) is 35.9 Å². The quantitative estimate of drug-likeness (QED) is 0.696. The van der Waals surface area contributed by atoms with E-state index in [2.05, 4.69) is 5.32 Å². The molecule has 4 amide bonds. The Labute approximate surface area is 138 Å². The minimum Gasteiger partial charge on any atom is -0.457 e. The maximum absolute atomic E-state index is 12.0. The van der Waals surface area contributed by atoms with Crippen molar-refractivity contribution in [2.75, 3.05) is 7.05 Å². The second-order valence-corrected chi connectivity index (χ2v) is 5.17. The minimum atomic E-state index is -0.728. The first kappa shape index (κ1) is 15.5. The lowest BCUT2D eigenvalue weighted by Crippen LogP contribution is -2.52. The Morgan fingerprint density at radius 3 is 2.21 bits per heavy atom. The molecule has 120 valence electrons. The van der Waals surface area contributed by atoms with Gasteiger partial charge in [-0.15, -0.1) is 0 Å². The number of nitrogens with zero attached hydrogens (tertiary/aromatic N) is 1. The van der Waals surface area contributed by atoms with E-state index in [0.29, 0.717) is 17.1 Å². The number of carbonyl (C=O) groups is 3. The molecule has 24 heavy (non-hydrogen) atoms. The number of para-hydroxylation sites is 1. The Hall–Kier alpha value is -3.41. The summed E-state index contributed by atoms with van der Waals surface area (Å²) in [6, 6.07) is 15.5. The lowest BCUT2D eigenvalue weighted by molar-refractivity contribution is -0.129. The maximum atomic E-state index is 12.0. The molecule has 1 saturated heterocycles. The molecule has 0 aliphatic carbocycles. The number of hydrogen-bond donors (Lipinski definition) is 1. The van der Waals surface area contributed by atoms with E-state index in [0.717, 1.165) is 4.90 Å². The molecule has 6 nitrogen and oxygen atoms in total. The fraction of sp³-hybridized carbons (Fsp3) is 0.0556. The summed E-state index contributed by atoms with van der Waals surface area (Å²) >= 11 is 0. The van der Waals surface area contributed by atoms with Crippen LogP contribution in [0.2, 0.25) is 0 Å². The van der Waals surface area contributed by atoms with Crippen molar-refractivity contribution in [3.8, 4) is 11.5 Å². The molecular weight excluding hydrogens is 308 g/mol. The molecule has 0 aromatic heterocycles. The van der Waals surface area contributed by atoms with Crippen LogP contribution >= 0.6 is 0 Å². The number of barbiturate groups is 1. The van der Waals surface area contributed by atoms with Crippen LogP contribution in [0.4, 0.5) is 4.79 Å². The molecule has 0 saturated carbocycles. The zero-order chi connectivity index (χ0) is 17.1. The highest BCUT2D eigenvalue weighted by Gasteiger charge is 2.32. The van der Waals surface area contributed by atoms with Crippen LogP contribution in [0.15, 0.2) is 60.2 Å². The van der Waals surface area contributed by atoms with Crippen LogP contribution in [0.3, 0.4) is 0 Å². The summed E-state index contributed by atoms with van der Waals surface area (Å²) in [6.07, 6.45) is 1.44. The van der Waals surface area contributed by atoms with E-state index in [4.69, 9.17) is 4.74 Å². The minimum absolute atomic E-state index is 0.0890. The van der Waals surface area contributed by atoms with Crippen LogP contribution in [-0.4, -0.2) is 29.8 Å². The highest BCUT2D eigenvalue weighted by atomic mass is 16.5. The molecule has 0 radical (unpaired) electrons. The standard InChI is InChI=1S/C18H14N2O4/c1-20-17(22)15(16(21)19-18(20)23)11-12-7-9-14(10-8-12)24-13-5-3-2-4-6-13/h2-11H,1H3,(H,19,21,23)/b15-11-. The number of nitrogens with one attached hydrogen (secondary N) is 1. The van der Waals surface area contributed by atoms with E-state index in [-0.39, 0.29) is 5.57 Å². The van der Waals surface area contributed by atoms with Gasteiger partial charge < -0.3 is 4.74 Å². The summed E-state index contributed by atoms with van der Waals surface area (Å²) < 4.78 is 5.68. The molecule has 3 rings (SSSR count). The number of ether oxygens (including phenoxy) is 1. The van der Waals surface area contributed by atoms with Gasteiger partial charge in [0, 0.05) is 7.05 Å². The molecule has 1 fully saturated rings. The Kier molecular flexibility index (Phi) is 4.11. The molecule has 1 aliphatic rings. The number of hydrogen-bond acceptors (Lipinski definition) is 4. The first-order valence-corrected chi connectivity index (χ1v) is 7.22. The zero-order valence-corrected chi connectivity index (χ0v) is 12.9. The Morgan fingerprint density at radius 2 is 1.54 bits per heavy atom. The van der Waals surface area contributed by atoms with Crippen molar-refractivity contribution >= 4 is 23.9 Å². The van der Waals surface area contributed by atoms with Crippen LogP contribution in [0.5, 0.6) is 11.5 Å². The number of likely N-dealkylation sites (N-methyl/N-ethyl adjacent to an activating group) is 1. The van der Waals surface area contributed by atoms with E-state index in [1.807, 2.05) is 30.3 Å². The van der Waals surface area contributed by atoms with Crippen LogP contribution in [0.1, 0.15) is 5.56 Å². The molecule has 1 aliphatic heterocycles. The molecule has 2 aromatic rings. The summed E-state index contributed by atoms with van der Waals surface area (Å²) in [7, 11) is 1.31. The Balaban J connectivity index is 1.79. The molecular formula is C18H14N2O4. The van der Waals surface area contributed by atoms with Gasteiger partial charge in [0.05, 0.1) is 0 Å². The van der Waals surface area contributed by atoms with Gasteiger partial charge in [-0.3, -0.25) is 19.8 Å². The van der Waals surface area contributed by atoms with Crippen molar-refractivity contribution < 1.29 is 19.1 Å². The van der Waals surface area contributed by atoms with E-state index in [1.54, 1.807) is 24.3 Å². The first-order valence-electron chi connectivity index (χ1n) is 7.22. The van der Waals surface area contributed by atoms with Crippen molar-refractivity contribution in [2.45, 2.75) is 0 Å². The maximum Gasteiger partial charge on any atom is 0.331 e. The van der Waals surface area contributed by atoms with Crippen molar-refractivity contribution in [3.63, 3.8) is 0 Å². The van der Waals surface area contributed by atoms with Gasteiger partial charge in [-0.2, -0.15) is 0 Å². The van der Waals surface area contributed by atoms with E-state index < -0.39 is 17.8 Å². The number of rotatable bonds is 3. The third-order valence-corrected chi connectivity index (χ3v) is 3.47. The third kappa shape index (κ3) is 3.17. The third-order valence-electron chi connectivity index (χ3n) is 3.47.